The van der Waals surface area contributed by atoms with Crippen LogP contribution in [-0.2, 0) is 22.6 Å². The fraction of sp³-hybridized carbons (Fsp3) is 0.368. The molecule has 23 heavy (non-hydrogen) atoms. The van der Waals surface area contributed by atoms with Crippen LogP contribution in [0.15, 0.2) is 54.7 Å². The van der Waals surface area contributed by atoms with Crippen molar-refractivity contribution >= 4 is 6.47 Å². The number of benzene rings is 1. The van der Waals surface area contributed by atoms with Crippen LogP contribution < -0.4 is 5.32 Å². The predicted octanol–water partition coefficient (Wildman–Crippen LogP) is 2.98. The van der Waals surface area contributed by atoms with Gasteiger partial charge in [-0.2, -0.15) is 0 Å². The molecule has 3 rings (SSSR count). The molecule has 2 aromatic rings. The molecule has 1 aliphatic heterocycles. The van der Waals surface area contributed by atoms with Crippen LogP contribution in [0.5, 0.6) is 0 Å². The van der Waals surface area contributed by atoms with Gasteiger partial charge in [0.15, 0.2) is 0 Å². The van der Waals surface area contributed by atoms with Gasteiger partial charge in [0.05, 0.1) is 0 Å². The highest BCUT2D eigenvalue weighted by Gasteiger charge is 2.13. The third kappa shape index (κ3) is 7.06. The minimum atomic E-state index is 0.365. The van der Waals surface area contributed by atoms with E-state index < -0.39 is 0 Å². The second kappa shape index (κ2) is 10.5. The van der Waals surface area contributed by atoms with Crippen molar-refractivity contribution in [1.29, 1.82) is 0 Å². The van der Waals surface area contributed by atoms with Crippen LogP contribution in [0, 0.1) is 5.92 Å². The van der Waals surface area contributed by atoms with Crippen molar-refractivity contribution in [2.75, 3.05) is 13.1 Å². The maximum atomic E-state index is 9.76. The molecule has 4 nitrogen and oxygen atoms in total. The van der Waals surface area contributed by atoms with Crippen molar-refractivity contribution in [2.24, 2.45) is 5.92 Å². The Labute approximate surface area is 137 Å². The molecule has 1 aliphatic rings. The molecule has 2 heterocycles. The average Bonchev–Trinajstić information content (AvgIpc) is 2.63. The lowest BCUT2D eigenvalue weighted by Gasteiger charge is -2.22. The second-order valence-corrected chi connectivity index (χ2v) is 5.63. The number of ether oxygens (including phenoxy) is 1. The lowest BCUT2D eigenvalue weighted by molar-refractivity contribution is -0.129. The van der Waals surface area contributed by atoms with E-state index in [2.05, 4.69) is 27.2 Å². The Bertz CT molecular complexity index is 540. The Morgan fingerprint density at radius 3 is 2.65 bits per heavy atom. The average molecular weight is 312 g/mol. The van der Waals surface area contributed by atoms with E-state index >= 15 is 0 Å². The van der Waals surface area contributed by atoms with Gasteiger partial charge >= 0.3 is 0 Å². The van der Waals surface area contributed by atoms with Crippen LogP contribution in [-0.4, -0.2) is 24.5 Å². The Morgan fingerprint density at radius 1 is 1.17 bits per heavy atom. The van der Waals surface area contributed by atoms with Crippen molar-refractivity contribution in [2.45, 2.75) is 25.9 Å². The molecule has 0 bridgehead atoms. The molecule has 1 atom stereocenters. The van der Waals surface area contributed by atoms with E-state index in [-0.39, 0.29) is 0 Å². The molecular weight excluding hydrogens is 288 g/mol. The smallest absolute Gasteiger partial charge is 0.293 e. The molecule has 1 aromatic heterocycles. The van der Waals surface area contributed by atoms with Crippen molar-refractivity contribution in [3.63, 3.8) is 0 Å². The SMILES string of the molecule is O=COCc1ccccc1.c1ccc(CC2CCCNC2)nc1. The number of rotatable bonds is 5. The lowest BCUT2D eigenvalue weighted by Crippen LogP contribution is -2.30. The highest BCUT2D eigenvalue weighted by atomic mass is 16.5. The van der Waals surface area contributed by atoms with Crippen molar-refractivity contribution in [1.82, 2.24) is 10.3 Å². The zero-order valence-electron chi connectivity index (χ0n) is 13.4. The topological polar surface area (TPSA) is 51.2 Å². The number of nitrogens with one attached hydrogen (secondary N) is 1. The van der Waals surface area contributed by atoms with Gasteiger partial charge in [0.25, 0.3) is 6.47 Å². The van der Waals surface area contributed by atoms with Gasteiger partial charge in [-0.15, -0.1) is 0 Å². The van der Waals surface area contributed by atoms with Gasteiger partial charge in [-0.1, -0.05) is 36.4 Å². The van der Waals surface area contributed by atoms with E-state index in [4.69, 9.17) is 0 Å². The summed E-state index contributed by atoms with van der Waals surface area (Å²) in [5.41, 5.74) is 2.24. The first-order chi connectivity index (χ1) is 11.4. The molecule has 122 valence electrons. The molecule has 1 N–H and O–H groups in total. The summed E-state index contributed by atoms with van der Waals surface area (Å²) in [7, 11) is 0. The minimum Gasteiger partial charge on any atom is -0.463 e. The maximum absolute atomic E-state index is 9.76. The fourth-order valence-corrected chi connectivity index (χ4v) is 2.62. The number of carbonyl (C=O) groups excluding carboxylic acids is 1. The van der Waals surface area contributed by atoms with Gasteiger partial charge in [-0.3, -0.25) is 9.78 Å². The van der Waals surface area contributed by atoms with E-state index in [1.165, 1.54) is 25.1 Å². The normalized spacial score (nSPS) is 16.8. The molecule has 0 amide bonds. The minimum absolute atomic E-state index is 0.365. The third-order valence-electron chi connectivity index (χ3n) is 3.78. The number of hydrogen-bond acceptors (Lipinski definition) is 4. The molecule has 1 saturated heterocycles. The predicted molar refractivity (Wildman–Crippen MR) is 90.8 cm³/mol. The number of piperidine rings is 1. The summed E-state index contributed by atoms with van der Waals surface area (Å²) in [4.78, 5) is 14.1. The molecule has 1 aromatic carbocycles. The van der Waals surface area contributed by atoms with Crippen LogP contribution in [0.25, 0.3) is 0 Å². The standard InChI is InChI=1S/C11H16N2.C8H8O2/c1-2-7-13-11(5-1)8-10-4-3-6-12-9-10;9-7-10-6-8-4-2-1-3-5-8/h1-2,5,7,10,12H,3-4,6,8-9H2;1-5,7H,6H2. The van der Waals surface area contributed by atoms with E-state index in [1.54, 1.807) is 0 Å². The van der Waals surface area contributed by atoms with Crippen LogP contribution in [0.3, 0.4) is 0 Å². The number of pyridine rings is 1. The first-order valence-corrected chi connectivity index (χ1v) is 8.08. The van der Waals surface area contributed by atoms with Gasteiger partial charge in [0, 0.05) is 11.9 Å². The summed E-state index contributed by atoms with van der Waals surface area (Å²) in [5.74, 6) is 0.795. The Balaban J connectivity index is 0.000000174. The van der Waals surface area contributed by atoms with Crippen molar-refractivity contribution < 1.29 is 9.53 Å². The summed E-state index contributed by atoms with van der Waals surface area (Å²) >= 11 is 0. The fourth-order valence-electron chi connectivity index (χ4n) is 2.62. The first kappa shape index (κ1) is 17.2. The summed E-state index contributed by atoms with van der Waals surface area (Å²) in [5, 5.41) is 3.43. The number of hydrogen-bond donors (Lipinski definition) is 1. The van der Waals surface area contributed by atoms with Gasteiger partial charge in [0.2, 0.25) is 0 Å². The summed E-state index contributed by atoms with van der Waals surface area (Å²) < 4.78 is 4.54. The number of nitrogens with zero attached hydrogens (tertiary/aromatic N) is 1. The van der Waals surface area contributed by atoms with E-state index in [0.29, 0.717) is 13.1 Å². The molecule has 4 heteroatoms. The van der Waals surface area contributed by atoms with Crippen molar-refractivity contribution in [3.8, 4) is 0 Å². The largest absolute Gasteiger partial charge is 0.463 e. The summed E-state index contributed by atoms with van der Waals surface area (Å²) in [6.07, 6.45) is 5.68. The van der Waals surface area contributed by atoms with Crippen LogP contribution in [0.2, 0.25) is 0 Å². The zero-order valence-corrected chi connectivity index (χ0v) is 13.4. The van der Waals surface area contributed by atoms with E-state index in [1.807, 2.05) is 42.6 Å². The van der Waals surface area contributed by atoms with Crippen LogP contribution in [0.4, 0.5) is 0 Å². The molecule has 0 saturated carbocycles. The lowest BCUT2D eigenvalue weighted by atomic mass is 9.94. The molecule has 0 aliphatic carbocycles. The quantitative estimate of drug-likeness (QED) is 0.862. The second-order valence-electron chi connectivity index (χ2n) is 5.63. The van der Waals surface area contributed by atoms with Gasteiger partial charge in [-0.05, 0) is 56.0 Å². The van der Waals surface area contributed by atoms with Crippen LogP contribution in [0.1, 0.15) is 24.1 Å². The van der Waals surface area contributed by atoms with Crippen LogP contribution >= 0.6 is 0 Å². The number of aromatic nitrogens is 1. The first-order valence-electron chi connectivity index (χ1n) is 8.08. The molecule has 1 fully saturated rings. The Kier molecular flexibility index (Phi) is 7.84. The zero-order chi connectivity index (χ0) is 16.2. The molecule has 0 spiro atoms. The molecule has 1 unspecified atom stereocenters. The third-order valence-corrected chi connectivity index (χ3v) is 3.78. The summed E-state index contributed by atoms with van der Waals surface area (Å²) in [6, 6.07) is 15.7. The molecular formula is C19H24N2O2. The Hall–Kier alpha value is -2.20. The molecule has 0 radical (unpaired) electrons. The van der Waals surface area contributed by atoms with E-state index in [9.17, 15) is 4.79 Å². The van der Waals surface area contributed by atoms with Crippen molar-refractivity contribution in [3.05, 3.63) is 66.0 Å². The van der Waals surface area contributed by atoms with Gasteiger partial charge in [0.1, 0.15) is 6.61 Å². The highest BCUT2D eigenvalue weighted by Crippen LogP contribution is 2.14. The highest BCUT2D eigenvalue weighted by molar-refractivity contribution is 5.37. The van der Waals surface area contributed by atoms with Gasteiger partial charge < -0.3 is 10.1 Å². The Morgan fingerprint density at radius 2 is 2.00 bits per heavy atom. The summed E-state index contributed by atoms with van der Waals surface area (Å²) in [6.45, 7) is 3.17. The number of carbonyl (C=O) groups is 1. The van der Waals surface area contributed by atoms with E-state index in [0.717, 1.165) is 24.4 Å². The monoisotopic (exact) mass is 312 g/mol. The van der Waals surface area contributed by atoms with Gasteiger partial charge in [-0.25, -0.2) is 0 Å². The maximum Gasteiger partial charge on any atom is 0.293 e.